The molecule has 1 aliphatic rings. The molecule has 0 amide bonds. The highest BCUT2D eigenvalue weighted by Gasteiger charge is 2.24. The van der Waals surface area contributed by atoms with Gasteiger partial charge >= 0.3 is 5.97 Å². The van der Waals surface area contributed by atoms with Crippen LogP contribution in [0.4, 0.5) is 0 Å². The number of carboxylic acid groups (broad SMARTS) is 1. The zero-order valence-electron chi connectivity index (χ0n) is 8.49. The van der Waals surface area contributed by atoms with Gasteiger partial charge in [-0.1, -0.05) is 6.42 Å². The third kappa shape index (κ3) is 3.35. The summed E-state index contributed by atoms with van der Waals surface area (Å²) >= 11 is 0. The SMILES string of the molecule is CN(C)C1CCCC(CC(=O)O)C1. The van der Waals surface area contributed by atoms with Crippen LogP contribution in [0.1, 0.15) is 32.1 Å². The molecule has 2 unspecified atom stereocenters. The van der Waals surface area contributed by atoms with E-state index in [1.165, 1.54) is 12.8 Å². The van der Waals surface area contributed by atoms with E-state index in [-0.39, 0.29) is 0 Å². The minimum atomic E-state index is -0.649. The first kappa shape index (κ1) is 10.5. The molecule has 13 heavy (non-hydrogen) atoms. The lowest BCUT2D eigenvalue weighted by Crippen LogP contribution is -2.33. The van der Waals surface area contributed by atoms with Crippen LogP contribution < -0.4 is 0 Å². The number of hydrogen-bond acceptors (Lipinski definition) is 2. The molecule has 3 heteroatoms. The van der Waals surface area contributed by atoms with Crippen molar-refractivity contribution >= 4 is 5.97 Å². The molecular formula is C10H19NO2. The van der Waals surface area contributed by atoms with Crippen molar-refractivity contribution < 1.29 is 9.90 Å². The molecule has 0 saturated heterocycles. The molecule has 0 bridgehead atoms. The van der Waals surface area contributed by atoms with E-state index in [0.29, 0.717) is 18.4 Å². The molecule has 0 aromatic heterocycles. The second kappa shape index (κ2) is 4.61. The molecule has 76 valence electrons. The van der Waals surface area contributed by atoms with Crippen molar-refractivity contribution in [3.05, 3.63) is 0 Å². The fourth-order valence-electron chi connectivity index (χ4n) is 2.16. The van der Waals surface area contributed by atoms with Gasteiger partial charge in [0.1, 0.15) is 0 Å². The molecule has 2 atom stereocenters. The van der Waals surface area contributed by atoms with E-state index < -0.39 is 5.97 Å². The van der Waals surface area contributed by atoms with Gasteiger partial charge in [0, 0.05) is 12.5 Å². The zero-order valence-corrected chi connectivity index (χ0v) is 8.49. The van der Waals surface area contributed by atoms with Gasteiger partial charge in [-0.05, 0) is 39.3 Å². The Morgan fingerprint density at radius 1 is 1.46 bits per heavy atom. The highest BCUT2D eigenvalue weighted by atomic mass is 16.4. The lowest BCUT2D eigenvalue weighted by atomic mass is 9.83. The van der Waals surface area contributed by atoms with Gasteiger partial charge in [0.15, 0.2) is 0 Å². The molecule has 0 radical (unpaired) electrons. The standard InChI is InChI=1S/C10H19NO2/c1-11(2)9-5-3-4-8(6-9)7-10(12)13/h8-9H,3-7H2,1-2H3,(H,12,13). The normalized spacial score (nSPS) is 29.2. The molecule has 3 nitrogen and oxygen atoms in total. The van der Waals surface area contributed by atoms with Gasteiger partial charge in [0.05, 0.1) is 0 Å². The molecule has 0 spiro atoms. The van der Waals surface area contributed by atoms with Crippen LogP contribution in [-0.2, 0) is 4.79 Å². The summed E-state index contributed by atoms with van der Waals surface area (Å²) in [5.74, 6) is -0.247. The van der Waals surface area contributed by atoms with Crippen molar-refractivity contribution in [3.8, 4) is 0 Å². The van der Waals surface area contributed by atoms with E-state index >= 15 is 0 Å². The maximum atomic E-state index is 10.5. The Morgan fingerprint density at radius 2 is 2.15 bits per heavy atom. The van der Waals surface area contributed by atoms with Crippen molar-refractivity contribution in [2.45, 2.75) is 38.1 Å². The van der Waals surface area contributed by atoms with Crippen LogP contribution in [0.5, 0.6) is 0 Å². The van der Waals surface area contributed by atoms with Gasteiger partial charge in [-0.25, -0.2) is 0 Å². The van der Waals surface area contributed by atoms with E-state index in [2.05, 4.69) is 19.0 Å². The van der Waals surface area contributed by atoms with Gasteiger partial charge in [0.2, 0.25) is 0 Å². The number of carboxylic acids is 1. The summed E-state index contributed by atoms with van der Waals surface area (Å²) in [6, 6.07) is 0.595. The van der Waals surface area contributed by atoms with Crippen LogP contribution in [0.2, 0.25) is 0 Å². The fourth-order valence-corrected chi connectivity index (χ4v) is 2.16. The summed E-state index contributed by atoms with van der Waals surface area (Å²) in [4.78, 5) is 12.7. The van der Waals surface area contributed by atoms with Gasteiger partial charge < -0.3 is 10.0 Å². The summed E-state index contributed by atoms with van der Waals surface area (Å²) in [7, 11) is 4.15. The third-order valence-corrected chi connectivity index (χ3v) is 2.95. The molecule has 1 N–H and O–H groups in total. The fraction of sp³-hybridized carbons (Fsp3) is 0.900. The Bertz CT molecular complexity index is 180. The molecule has 0 aromatic carbocycles. The van der Waals surface area contributed by atoms with Crippen molar-refractivity contribution in [1.82, 2.24) is 4.90 Å². The van der Waals surface area contributed by atoms with Gasteiger partial charge in [-0.2, -0.15) is 0 Å². The lowest BCUT2D eigenvalue weighted by Gasteiger charge is -2.32. The third-order valence-electron chi connectivity index (χ3n) is 2.95. The van der Waals surface area contributed by atoms with E-state index in [1.807, 2.05) is 0 Å². The number of carbonyl (C=O) groups is 1. The van der Waals surface area contributed by atoms with Gasteiger partial charge in [-0.3, -0.25) is 4.79 Å². The quantitative estimate of drug-likeness (QED) is 0.725. The predicted octanol–water partition coefficient (Wildman–Crippen LogP) is 1.58. The number of nitrogens with zero attached hydrogens (tertiary/aromatic N) is 1. The zero-order chi connectivity index (χ0) is 9.84. The van der Waals surface area contributed by atoms with Crippen molar-refractivity contribution in [2.24, 2.45) is 5.92 Å². The first-order chi connectivity index (χ1) is 6.09. The maximum Gasteiger partial charge on any atom is 0.303 e. The minimum absolute atomic E-state index is 0.352. The van der Waals surface area contributed by atoms with E-state index in [0.717, 1.165) is 12.8 Å². The van der Waals surface area contributed by atoms with Crippen LogP contribution in [-0.4, -0.2) is 36.1 Å². The maximum absolute atomic E-state index is 10.5. The van der Waals surface area contributed by atoms with Crippen LogP contribution in [0, 0.1) is 5.92 Å². The largest absolute Gasteiger partial charge is 0.481 e. The topological polar surface area (TPSA) is 40.5 Å². The van der Waals surface area contributed by atoms with Crippen molar-refractivity contribution in [2.75, 3.05) is 14.1 Å². The van der Waals surface area contributed by atoms with Crippen LogP contribution in [0.25, 0.3) is 0 Å². The van der Waals surface area contributed by atoms with E-state index in [4.69, 9.17) is 5.11 Å². The van der Waals surface area contributed by atoms with Crippen LogP contribution in [0.3, 0.4) is 0 Å². The Kier molecular flexibility index (Phi) is 3.72. The molecule has 0 heterocycles. The smallest absolute Gasteiger partial charge is 0.303 e. The predicted molar refractivity (Wildman–Crippen MR) is 51.7 cm³/mol. The van der Waals surface area contributed by atoms with E-state index in [1.54, 1.807) is 0 Å². The Morgan fingerprint density at radius 3 is 2.69 bits per heavy atom. The first-order valence-corrected chi connectivity index (χ1v) is 4.98. The summed E-state index contributed by atoms with van der Waals surface area (Å²) in [5, 5.41) is 8.68. The van der Waals surface area contributed by atoms with Gasteiger partial charge in [0.25, 0.3) is 0 Å². The average molecular weight is 185 g/mol. The van der Waals surface area contributed by atoms with Crippen molar-refractivity contribution in [1.29, 1.82) is 0 Å². The Balaban J connectivity index is 2.37. The second-order valence-electron chi connectivity index (χ2n) is 4.25. The highest BCUT2D eigenvalue weighted by molar-refractivity contribution is 5.67. The second-order valence-corrected chi connectivity index (χ2v) is 4.25. The molecule has 1 aliphatic carbocycles. The Labute approximate surface area is 79.7 Å². The van der Waals surface area contributed by atoms with E-state index in [9.17, 15) is 4.79 Å². The Hall–Kier alpha value is -0.570. The highest BCUT2D eigenvalue weighted by Crippen LogP contribution is 2.28. The average Bonchev–Trinajstić information content (AvgIpc) is 2.03. The van der Waals surface area contributed by atoms with Crippen LogP contribution in [0.15, 0.2) is 0 Å². The van der Waals surface area contributed by atoms with Crippen molar-refractivity contribution in [3.63, 3.8) is 0 Å². The van der Waals surface area contributed by atoms with Crippen LogP contribution >= 0.6 is 0 Å². The summed E-state index contributed by atoms with van der Waals surface area (Å²) < 4.78 is 0. The molecule has 1 saturated carbocycles. The number of hydrogen-bond donors (Lipinski definition) is 1. The summed E-state index contributed by atoms with van der Waals surface area (Å²) in [6.07, 6.45) is 4.91. The summed E-state index contributed by atoms with van der Waals surface area (Å²) in [6.45, 7) is 0. The molecular weight excluding hydrogens is 166 g/mol. The molecule has 0 aliphatic heterocycles. The molecule has 1 fully saturated rings. The monoisotopic (exact) mass is 185 g/mol. The molecule has 0 aromatic rings. The lowest BCUT2D eigenvalue weighted by molar-refractivity contribution is -0.138. The number of rotatable bonds is 3. The minimum Gasteiger partial charge on any atom is -0.481 e. The summed E-state index contributed by atoms with van der Waals surface area (Å²) in [5.41, 5.74) is 0. The van der Waals surface area contributed by atoms with Gasteiger partial charge in [-0.15, -0.1) is 0 Å². The molecule has 1 rings (SSSR count). The number of aliphatic carboxylic acids is 1. The first-order valence-electron chi connectivity index (χ1n) is 4.98.